The van der Waals surface area contributed by atoms with Gasteiger partial charge in [-0.2, -0.15) is 0 Å². The molecule has 0 unspecified atom stereocenters. The Hall–Kier alpha value is -0.980. The molecule has 1 fully saturated rings. The van der Waals surface area contributed by atoms with Crippen molar-refractivity contribution in [2.75, 3.05) is 13.2 Å². The first kappa shape index (κ1) is 11.5. The smallest absolute Gasteiger partial charge is 0.265 e. The zero-order valence-electron chi connectivity index (χ0n) is 8.81. The molecule has 1 saturated heterocycles. The lowest BCUT2D eigenvalue weighted by Crippen LogP contribution is -2.26. The molecule has 6 heteroatoms. The van der Waals surface area contributed by atoms with Crippen molar-refractivity contribution in [1.29, 1.82) is 0 Å². The van der Waals surface area contributed by atoms with Crippen LogP contribution < -0.4 is 0 Å². The van der Waals surface area contributed by atoms with Crippen LogP contribution in [0.5, 0.6) is 0 Å². The summed E-state index contributed by atoms with van der Waals surface area (Å²) in [7, 11) is -3.63. The number of sulfonamides is 1. The van der Waals surface area contributed by atoms with E-state index in [1.165, 1.54) is 19.1 Å². The minimum atomic E-state index is -3.63. The maximum atomic E-state index is 13.0. The van der Waals surface area contributed by atoms with E-state index in [0.717, 1.165) is 10.5 Å². The van der Waals surface area contributed by atoms with Crippen LogP contribution in [-0.4, -0.2) is 26.0 Å². The molecular weight excluding hydrogens is 233 g/mol. The molecule has 1 heterocycles. The highest BCUT2D eigenvalue weighted by molar-refractivity contribution is 7.89. The lowest BCUT2D eigenvalue weighted by molar-refractivity contribution is -0.0284. The first-order valence-electron chi connectivity index (χ1n) is 4.93. The number of hydroxylamine groups is 1. The zero-order chi connectivity index (χ0) is 11.8. The zero-order valence-corrected chi connectivity index (χ0v) is 9.63. The second kappa shape index (κ2) is 4.12. The van der Waals surface area contributed by atoms with Crippen molar-refractivity contribution < 1.29 is 17.6 Å². The molecule has 0 bridgehead atoms. The minimum absolute atomic E-state index is 0.0632. The molecular formula is C10H12FNO3S. The molecule has 1 aliphatic rings. The SMILES string of the molecule is Cc1cc(S(=O)(=O)N2CCCO2)ccc1F. The van der Waals surface area contributed by atoms with Gasteiger partial charge in [-0.05, 0) is 37.1 Å². The molecule has 1 aromatic carbocycles. The van der Waals surface area contributed by atoms with E-state index in [1.807, 2.05) is 0 Å². The molecule has 0 atom stereocenters. The van der Waals surface area contributed by atoms with E-state index in [2.05, 4.69) is 0 Å². The fraction of sp³-hybridized carbons (Fsp3) is 0.400. The summed E-state index contributed by atoms with van der Waals surface area (Å²) in [6, 6.07) is 3.71. The highest BCUT2D eigenvalue weighted by Crippen LogP contribution is 2.21. The van der Waals surface area contributed by atoms with E-state index >= 15 is 0 Å². The average Bonchev–Trinajstić information content (AvgIpc) is 2.75. The summed E-state index contributed by atoms with van der Waals surface area (Å²) in [4.78, 5) is 5.06. The molecule has 0 spiro atoms. The first-order valence-corrected chi connectivity index (χ1v) is 6.37. The number of benzene rings is 1. The summed E-state index contributed by atoms with van der Waals surface area (Å²) in [5.41, 5.74) is 0.306. The number of hydrogen-bond acceptors (Lipinski definition) is 3. The molecule has 0 amide bonds. The molecule has 1 aromatic rings. The lowest BCUT2D eigenvalue weighted by atomic mass is 10.2. The highest BCUT2D eigenvalue weighted by Gasteiger charge is 2.28. The third kappa shape index (κ3) is 1.95. The van der Waals surface area contributed by atoms with Gasteiger partial charge in [-0.3, -0.25) is 4.84 Å². The van der Waals surface area contributed by atoms with Crippen LogP contribution in [0.2, 0.25) is 0 Å². The van der Waals surface area contributed by atoms with Gasteiger partial charge in [-0.25, -0.2) is 12.8 Å². The third-order valence-electron chi connectivity index (χ3n) is 2.42. The molecule has 1 aliphatic heterocycles. The van der Waals surface area contributed by atoms with Gasteiger partial charge in [-0.15, -0.1) is 0 Å². The largest absolute Gasteiger partial charge is 0.284 e. The summed E-state index contributed by atoms with van der Waals surface area (Å²) in [6.45, 7) is 2.28. The Morgan fingerprint density at radius 2 is 2.19 bits per heavy atom. The van der Waals surface area contributed by atoms with E-state index in [4.69, 9.17) is 4.84 Å². The van der Waals surface area contributed by atoms with Gasteiger partial charge in [0.25, 0.3) is 10.0 Å². The maximum absolute atomic E-state index is 13.0. The Kier molecular flexibility index (Phi) is 2.96. The predicted molar refractivity (Wildman–Crippen MR) is 55.6 cm³/mol. The molecule has 0 saturated carbocycles. The van der Waals surface area contributed by atoms with Crippen LogP contribution in [0.15, 0.2) is 23.1 Å². The van der Waals surface area contributed by atoms with Gasteiger partial charge in [0, 0.05) is 6.54 Å². The standard InChI is InChI=1S/C10H12FNO3S/c1-8-7-9(3-4-10(8)11)16(13,14)12-5-2-6-15-12/h3-4,7H,2,5-6H2,1H3. The van der Waals surface area contributed by atoms with Crippen molar-refractivity contribution in [3.8, 4) is 0 Å². The van der Waals surface area contributed by atoms with Gasteiger partial charge in [0.2, 0.25) is 0 Å². The molecule has 0 aliphatic carbocycles. The van der Waals surface area contributed by atoms with Crippen molar-refractivity contribution in [3.05, 3.63) is 29.6 Å². The van der Waals surface area contributed by atoms with Gasteiger partial charge in [0.05, 0.1) is 11.5 Å². The Bertz CT molecular complexity index is 495. The van der Waals surface area contributed by atoms with E-state index in [0.29, 0.717) is 25.1 Å². The van der Waals surface area contributed by atoms with Gasteiger partial charge in [0.1, 0.15) is 5.82 Å². The molecule has 88 valence electrons. The normalized spacial score (nSPS) is 17.9. The Morgan fingerprint density at radius 3 is 2.75 bits per heavy atom. The van der Waals surface area contributed by atoms with Crippen molar-refractivity contribution in [2.45, 2.75) is 18.2 Å². The van der Waals surface area contributed by atoms with Crippen LogP contribution >= 0.6 is 0 Å². The summed E-state index contributed by atoms with van der Waals surface area (Å²) >= 11 is 0. The monoisotopic (exact) mass is 245 g/mol. The van der Waals surface area contributed by atoms with Gasteiger partial charge in [-0.1, -0.05) is 4.47 Å². The summed E-state index contributed by atoms with van der Waals surface area (Å²) < 4.78 is 37.9. The average molecular weight is 245 g/mol. The Labute approximate surface area is 93.6 Å². The molecule has 2 rings (SSSR count). The molecule has 0 radical (unpaired) electrons. The van der Waals surface area contributed by atoms with E-state index in [1.54, 1.807) is 0 Å². The Balaban J connectivity index is 2.39. The van der Waals surface area contributed by atoms with E-state index in [9.17, 15) is 12.8 Å². The maximum Gasteiger partial charge on any atom is 0.265 e. The van der Waals surface area contributed by atoms with Crippen LogP contribution in [0.4, 0.5) is 4.39 Å². The van der Waals surface area contributed by atoms with Crippen LogP contribution in [0.3, 0.4) is 0 Å². The number of nitrogens with zero attached hydrogens (tertiary/aromatic N) is 1. The van der Waals surface area contributed by atoms with Gasteiger partial charge in [0.15, 0.2) is 0 Å². The van der Waals surface area contributed by atoms with Crippen molar-refractivity contribution in [2.24, 2.45) is 0 Å². The number of rotatable bonds is 2. The number of aryl methyl sites for hydroxylation is 1. The van der Waals surface area contributed by atoms with Crippen molar-refractivity contribution in [3.63, 3.8) is 0 Å². The molecule has 16 heavy (non-hydrogen) atoms. The molecule has 4 nitrogen and oxygen atoms in total. The fourth-order valence-corrected chi connectivity index (χ4v) is 2.89. The lowest BCUT2D eigenvalue weighted by Gasteiger charge is -2.14. The van der Waals surface area contributed by atoms with Gasteiger partial charge < -0.3 is 0 Å². The van der Waals surface area contributed by atoms with Crippen LogP contribution in [-0.2, 0) is 14.9 Å². The van der Waals surface area contributed by atoms with Gasteiger partial charge >= 0.3 is 0 Å². The third-order valence-corrected chi connectivity index (χ3v) is 4.09. The first-order chi connectivity index (χ1) is 7.51. The van der Waals surface area contributed by atoms with Crippen LogP contribution in [0, 0.1) is 12.7 Å². The fourth-order valence-electron chi connectivity index (χ4n) is 1.51. The second-order valence-corrected chi connectivity index (χ2v) is 5.46. The minimum Gasteiger partial charge on any atom is -0.284 e. The summed E-state index contributed by atoms with van der Waals surface area (Å²) in [5, 5.41) is 0. The van der Waals surface area contributed by atoms with E-state index < -0.39 is 15.8 Å². The molecule has 0 aromatic heterocycles. The molecule has 0 N–H and O–H groups in total. The topological polar surface area (TPSA) is 46.6 Å². The van der Waals surface area contributed by atoms with E-state index in [-0.39, 0.29) is 4.90 Å². The van der Waals surface area contributed by atoms with Crippen molar-refractivity contribution >= 4 is 10.0 Å². The number of halogens is 1. The summed E-state index contributed by atoms with van der Waals surface area (Å²) in [6.07, 6.45) is 0.680. The van der Waals surface area contributed by atoms with Crippen LogP contribution in [0.1, 0.15) is 12.0 Å². The highest BCUT2D eigenvalue weighted by atomic mass is 32.2. The predicted octanol–water partition coefficient (Wildman–Crippen LogP) is 1.46. The second-order valence-electron chi connectivity index (χ2n) is 3.63. The van der Waals surface area contributed by atoms with Crippen molar-refractivity contribution in [1.82, 2.24) is 4.47 Å². The Morgan fingerprint density at radius 1 is 1.44 bits per heavy atom. The summed E-state index contributed by atoms with van der Waals surface area (Å²) in [5.74, 6) is -0.415. The quantitative estimate of drug-likeness (QED) is 0.792. The van der Waals surface area contributed by atoms with Crippen LogP contribution in [0.25, 0.3) is 0 Å². The number of hydrogen-bond donors (Lipinski definition) is 0.